The number of aryl methyl sites for hydroxylation is 2. The predicted octanol–water partition coefficient (Wildman–Crippen LogP) is 3.03. The first-order valence-corrected chi connectivity index (χ1v) is 9.35. The zero-order valence-corrected chi connectivity index (χ0v) is 14.8. The van der Waals surface area contributed by atoms with Crippen molar-refractivity contribution in [3.8, 4) is 0 Å². The van der Waals surface area contributed by atoms with E-state index in [2.05, 4.69) is 15.6 Å². The molecule has 0 atom stereocenters. The van der Waals surface area contributed by atoms with Crippen molar-refractivity contribution in [2.45, 2.75) is 51.0 Å². The largest absolute Gasteiger partial charge is 0.353 e. The van der Waals surface area contributed by atoms with Crippen LogP contribution < -0.4 is 10.6 Å². The Morgan fingerprint density at radius 3 is 2.62 bits per heavy atom. The molecule has 1 aromatic carbocycles. The lowest BCUT2D eigenvalue weighted by atomic mass is 9.95. The van der Waals surface area contributed by atoms with Crippen molar-refractivity contribution in [3.05, 3.63) is 58.9 Å². The Morgan fingerprint density at radius 2 is 1.85 bits per heavy atom. The molecule has 0 bridgehead atoms. The molecule has 0 radical (unpaired) electrons. The van der Waals surface area contributed by atoms with E-state index in [1.165, 1.54) is 12.0 Å². The van der Waals surface area contributed by atoms with Crippen molar-refractivity contribution in [2.24, 2.45) is 0 Å². The molecule has 26 heavy (non-hydrogen) atoms. The summed E-state index contributed by atoms with van der Waals surface area (Å²) >= 11 is 0. The van der Waals surface area contributed by atoms with Crippen molar-refractivity contribution in [1.82, 2.24) is 10.3 Å². The van der Waals surface area contributed by atoms with E-state index >= 15 is 0 Å². The first kappa shape index (κ1) is 16.8. The van der Waals surface area contributed by atoms with Gasteiger partial charge in [0.25, 0.3) is 5.91 Å². The number of hydrogen-bond acceptors (Lipinski definition) is 3. The van der Waals surface area contributed by atoms with Crippen molar-refractivity contribution < 1.29 is 9.59 Å². The number of anilines is 1. The summed E-state index contributed by atoms with van der Waals surface area (Å²) in [6.45, 7) is 0. The molecular weight excluding hydrogens is 326 g/mol. The molecule has 5 heteroatoms. The lowest BCUT2D eigenvalue weighted by Gasteiger charge is -2.15. The van der Waals surface area contributed by atoms with Gasteiger partial charge in [-0.1, -0.05) is 12.1 Å². The fourth-order valence-electron chi connectivity index (χ4n) is 3.31. The average Bonchev–Trinajstić information content (AvgIpc) is 3.46. The predicted molar refractivity (Wildman–Crippen MR) is 100 cm³/mol. The highest BCUT2D eigenvalue weighted by Crippen LogP contribution is 2.21. The van der Waals surface area contributed by atoms with E-state index in [-0.39, 0.29) is 11.8 Å². The SMILES string of the molecule is O=C(Cc1ccc(NC(=O)c2cnc3c(c2)CCCC3)cc1)NC1CC1. The van der Waals surface area contributed by atoms with Gasteiger partial charge in [0.05, 0.1) is 12.0 Å². The molecule has 4 rings (SSSR count). The Kier molecular flexibility index (Phi) is 4.69. The van der Waals surface area contributed by atoms with Gasteiger partial charge in [-0.05, 0) is 67.9 Å². The highest BCUT2D eigenvalue weighted by Gasteiger charge is 2.23. The quantitative estimate of drug-likeness (QED) is 0.872. The summed E-state index contributed by atoms with van der Waals surface area (Å²) in [6.07, 6.45) is 8.57. The maximum absolute atomic E-state index is 12.5. The van der Waals surface area contributed by atoms with Crippen LogP contribution in [0.2, 0.25) is 0 Å². The molecule has 1 saturated carbocycles. The van der Waals surface area contributed by atoms with Gasteiger partial charge in [0.15, 0.2) is 0 Å². The smallest absolute Gasteiger partial charge is 0.257 e. The van der Waals surface area contributed by atoms with E-state index in [9.17, 15) is 9.59 Å². The zero-order chi connectivity index (χ0) is 17.9. The summed E-state index contributed by atoms with van der Waals surface area (Å²) < 4.78 is 0. The monoisotopic (exact) mass is 349 g/mol. The second-order valence-corrected chi connectivity index (χ2v) is 7.21. The normalized spacial score (nSPS) is 15.8. The molecule has 5 nitrogen and oxygen atoms in total. The fraction of sp³-hybridized carbons (Fsp3) is 0.381. The molecule has 0 unspecified atom stereocenters. The van der Waals surface area contributed by atoms with Crippen LogP contribution in [-0.2, 0) is 24.1 Å². The van der Waals surface area contributed by atoms with Crippen molar-refractivity contribution in [1.29, 1.82) is 0 Å². The number of aromatic nitrogens is 1. The van der Waals surface area contributed by atoms with Crippen LogP contribution in [0.25, 0.3) is 0 Å². The first-order valence-electron chi connectivity index (χ1n) is 9.35. The van der Waals surface area contributed by atoms with Gasteiger partial charge in [0.1, 0.15) is 0 Å². The number of rotatable bonds is 5. The lowest BCUT2D eigenvalue weighted by molar-refractivity contribution is -0.120. The van der Waals surface area contributed by atoms with Gasteiger partial charge in [0, 0.05) is 23.6 Å². The molecule has 1 aromatic heterocycles. The highest BCUT2D eigenvalue weighted by atomic mass is 16.2. The number of carbonyl (C=O) groups excluding carboxylic acids is 2. The van der Waals surface area contributed by atoms with Gasteiger partial charge in [0.2, 0.25) is 5.91 Å². The molecule has 0 aliphatic heterocycles. The third kappa shape index (κ3) is 4.10. The highest BCUT2D eigenvalue weighted by molar-refractivity contribution is 6.04. The van der Waals surface area contributed by atoms with Crippen LogP contribution in [-0.4, -0.2) is 22.8 Å². The van der Waals surface area contributed by atoms with E-state index in [4.69, 9.17) is 0 Å². The molecule has 2 aliphatic rings. The molecule has 1 fully saturated rings. The maximum atomic E-state index is 12.5. The Balaban J connectivity index is 1.37. The van der Waals surface area contributed by atoms with Crippen LogP contribution in [0.15, 0.2) is 36.5 Å². The Bertz CT molecular complexity index is 826. The van der Waals surface area contributed by atoms with Crippen LogP contribution in [0.3, 0.4) is 0 Å². The van der Waals surface area contributed by atoms with Crippen LogP contribution in [0.1, 0.15) is 52.9 Å². The van der Waals surface area contributed by atoms with Crippen molar-refractivity contribution in [2.75, 3.05) is 5.32 Å². The molecule has 0 spiro atoms. The van der Waals surface area contributed by atoms with E-state index in [0.29, 0.717) is 18.0 Å². The van der Waals surface area contributed by atoms with E-state index < -0.39 is 0 Å². The topological polar surface area (TPSA) is 71.1 Å². The van der Waals surface area contributed by atoms with Crippen molar-refractivity contribution >= 4 is 17.5 Å². The second kappa shape index (κ2) is 7.28. The second-order valence-electron chi connectivity index (χ2n) is 7.21. The summed E-state index contributed by atoms with van der Waals surface area (Å²) in [7, 11) is 0. The summed E-state index contributed by atoms with van der Waals surface area (Å²) in [5.41, 5.74) is 4.58. The Hall–Kier alpha value is -2.69. The fourth-order valence-corrected chi connectivity index (χ4v) is 3.31. The van der Waals surface area contributed by atoms with Gasteiger partial charge in [-0.3, -0.25) is 14.6 Å². The molecule has 1 heterocycles. The van der Waals surface area contributed by atoms with Gasteiger partial charge in [-0.15, -0.1) is 0 Å². The van der Waals surface area contributed by atoms with Crippen LogP contribution in [0, 0.1) is 0 Å². The lowest BCUT2D eigenvalue weighted by Crippen LogP contribution is -2.26. The summed E-state index contributed by atoms with van der Waals surface area (Å²) in [4.78, 5) is 28.8. The van der Waals surface area contributed by atoms with Gasteiger partial charge in [-0.2, -0.15) is 0 Å². The minimum atomic E-state index is -0.148. The van der Waals surface area contributed by atoms with E-state index in [1.807, 2.05) is 30.3 Å². The molecule has 2 amide bonds. The number of nitrogens with zero attached hydrogens (tertiary/aromatic N) is 1. The number of pyridine rings is 1. The third-order valence-electron chi connectivity index (χ3n) is 4.95. The Morgan fingerprint density at radius 1 is 1.08 bits per heavy atom. The van der Waals surface area contributed by atoms with Crippen LogP contribution in [0.5, 0.6) is 0 Å². The summed E-state index contributed by atoms with van der Waals surface area (Å²) in [6, 6.07) is 9.78. The molecular formula is C21H23N3O2. The molecule has 0 saturated heterocycles. The zero-order valence-electron chi connectivity index (χ0n) is 14.8. The molecule has 2 N–H and O–H groups in total. The summed E-state index contributed by atoms with van der Waals surface area (Å²) in [5.74, 6) is -0.0884. The molecule has 2 aromatic rings. The number of benzene rings is 1. The Labute approximate surface area is 153 Å². The van der Waals surface area contributed by atoms with Gasteiger partial charge >= 0.3 is 0 Å². The molecule has 134 valence electrons. The number of hydrogen-bond donors (Lipinski definition) is 2. The van der Waals surface area contributed by atoms with Crippen LogP contribution in [0.4, 0.5) is 5.69 Å². The maximum Gasteiger partial charge on any atom is 0.257 e. The van der Waals surface area contributed by atoms with Gasteiger partial charge in [-0.25, -0.2) is 0 Å². The third-order valence-corrected chi connectivity index (χ3v) is 4.95. The van der Waals surface area contributed by atoms with Gasteiger partial charge < -0.3 is 10.6 Å². The standard InChI is InChI=1S/C21H23N3O2/c25-20(23-17-9-10-17)11-14-5-7-18(8-6-14)24-21(26)16-12-15-3-1-2-4-19(15)22-13-16/h5-8,12-13,17H,1-4,9-11H2,(H,23,25)(H,24,26). The number of carbonyl (C=O) groups is 2. The van der Waals surface area contributed by atoms with Crippen LogP contribution >= 0.6 is 0 Å². The minimum absolute atomic E-state index is 0.0596. The number of nitrogens with one attached hydrogen (secondary N) is 2. The van der Waals surface area contributed by atoms with E-state index in [1.54, 1.807) is 6.20 Å². The van der Waals surface area contributed by atoms with E-state index in [0.717, 1.165) is 49.0 Å². The van der Waals surface area contributed by atoms with Crippen molar-refractivity contribution in [3.63, 3.8) is 0 Å². The minimum Gasteiger partial charge on any atom is -0.353 e. The number of amides is 2. The first-order chi connectivity index (χ1) is 12.7. The average molecular weight is 349 g/mol. The number of fused-ring (bicyclic) bond motifs is 1. The molecule has 2 aliphatic carbocycles. The summed E-state index contributed by atoms with van der Waals surface area (Å²) in [5, 5.41) is 5.89.